The van der Waals surface area contributed by atoms with E-state index in [1.807, 2.05) is 26.0 Å². The van der Waals surface area contributed by atoms with Gasteiger partial charge in [-0.2, -0.15) is 0 Å². The van der Waals surface area contributed by atoms with Gasteiger partial charge in [-0.25, -0.2) is 0 Å². The van der Waals surface area contributed by atoms with Gasteiger partial charge in [-0.3, -0.25) is 4.79 Å². The fraction of sp³-hybridized carbons (Fsp3) is 0.458. The molecule has 0 aliphatic heterocycles. The predicted molar refractivity (Wildman–Crippen MR) is 112 cm³/mol. The van der Waals surface area contributed by atoms with Crippen molar-refractivity contribution < 1.29 is 9.53 Å². The normalized spacial score (nSPS) is 13.7. The molecule has 3 heteroatoms. The Hall–Kier alpha value is -2.29. The lowest BCUT2D eigenvalue weighted by Crippen LogP contribution is -2.39. The number of aryl methyl sites for hydroxylation is 2. The van der Waals surface area contributed by atoms with Crippen molar-refractivity contribution in [2.24, 2.45) is 0 Å². The summed E-state index contributed by atoms with van der Waals surface area (Å²) in [7, 11) is 0. The molecule has 0 unspecified atom stereocenters. The van der Waals surface area contributed by atoms with Crippen LogP contribution in [0.15, 0.2) is 42.5 Å². The SMILES string of the molecule is CC[C@H](Oc1ccc(C(C)(C)C)cc1)C(=O)N[C@@H](C)c1ccc(C)c(C)c1. The topological polar surface area (TPSA) is 38.3 Å². The predicted octanol–water partition coefficient (Wildman–Crippen LogP) is 5.64. The lowest BCUT2D eigenvalue weighted by Gasteiger charge is -2.22. The summed E-state index contributed by atoms with van der Waals surface area (Å²) in [6.07, 6.45) is 0.117. The molecule has 0 fully saturated rings. The maximum absolute atomic E-state index is 12.7. The van der Waals surface area contributed by atoms with E-state index in [0.29, 0.717) is 6.42 Å². The van der Waals surface area contributed by atoms with Gasteiger partial charge >= 0.3 is 0 Å². The molecule has 0 saturated heterocycles. The van der Waals surface area contributed by atoms with E-state index >= 15 is 0 Å². The van der Waals surface area contributed by atoms with E-state index in [0.717, 1.165) is 11.3 Å². The highest BCUT2D eigenvalue weighted by Crippen LogP contribution is 2.25. The first-order valence-corrected chi connectivity index (χ1v) is 9.76. The Kier molecular flexibility index (Phi) is 6.69. The molecule has 2 aromatic carbocycles. The largest absolute Gasteiger partial charge is 0.481 e. The Morgan fingerprint density at radius 3 is 2.19 bits per heavy atom. The van der Waals surface area contributed by atoms with Crippen LogP contribution in [0.25, 0.3) is 0 Å². The van der Waals surface area contributed by atoms with Gasteiger partial charge in [0.2, 0.25) is 0 Å². The summed E-state index contributed by atoms with van der Waals surface area (Å²) in [6.45, 7) is 14.7. The van der Waals surface area contributed by atoms with Crippen molar-refractivity contribution in [1.29, 1.82) is 0 Å². The van der Waals surface area contributed by atoms with E-state index in [-0.39, 0.29) is 17.4 Å². The standard InChI is InChI=1S/C24H33NO2/c1-8-22(27-21-13-11-20(12-14-21)24(5,6)7)23(26)25-18(4)19-10-9-16(2)17(3)15-19/h9-15,18,22H,8H2,1-7H3,(H,25,26)/t18-,22-/m0/s1. The molecule has 0 bridgehead atoms. The minimum atomic E-state index is -0.500. The maximum Gasteiger partial charge on any atom is 0.261 e. The van der Waals surface area contributed by atoms with Crippen LogP contribution in [0.4, 0.5) is 0 Å². The molecule has 0 saturated carbocycles. The van der Waals surface area contributed by atoms with Crippen molar-refractivity contribution >= 4 is 5.91 Å². The van der Waals surface area contributed by atoms with E-state index in [4.69, 9.17) is 4.74 Å². The molecule has 1 amide bonds. The molecule has 2 rings (SSSR count). The van der Waals surface area contributed by atoms with Crippen LogP contribution in [0.3, 0.4) is 0 Å². The van der Waals surface area contributed by atoms with Crippen molar-refractivity contribution in [2.45, 2.75) is 72.4 Å². The number of carbonyl (C=O) groups is 1. The molecule has 0 aliphatic carbocycles. The van der Waals surface area contributed by atoms with Gasteiger partial charge in [-0.05, 0) is 67.0 Å². The molecule has 2 atom stereocenters. The van der Waals surface area contributed by atoms with Gasteiger partial charge in [-0.1, -0.05) is 58.0 Å². The smallest absolute Gasteiger partial charge is 0.261 e. The lowest BCUT2D eigenvalue weighted by atomic mass is 9.87. The molecule has 0 spiro atoms. The molecule has 3 nitrogen and oxygen atoms in total. The summed E-state index contributed by atoms with van der Waals surface area (Å²) in [5.74, 6) is 0.645. The number of hydrogen-bond donors (Lipinski definition) is 1. The highest BCUT2D eigenvalue weighted by atomic mass is 16.5. The monoisotopic (exact) mass is 367 g/mol. The van der Waals surface area contributed by atoms with Crippen LogP contribution < -0.4 is 10.1 Å². The average Bonchev–Trinajstić information content (AvgIpc) is 2.61. The number of hydrogen-bond acceptors (Lipinski definition) is 2. The second-order valence-corrected chi connectivity index (χ2v) is 8.36. The van der Waals surface area contributed by atoms with Gasteiger partial charge < -0.3 is 10.1 Å². The molecule has 146 valence electrons. The van der Waals surface area contributed by atoms with Gasteiger partial charge in [0.15, 0.2) is 6.10 Å². The van der Waals surface area contributed by atoms with Crippen LogP contribution in [0.1, 0.15) is 69.3 Å². The number of carbonyl (C=O) groups excluding carboxylic acids is 1. The third-order valence-electron chi connectivity index (χ3n) is 5.05. The van der Waals surface area contributed by atoms with E-state index in [9.17, 15) is 4.79 Å². The zero-order valence-corrected chi connectivity index (χ0v) is 17.7. The Balaban J connectivity index is 2.03. The van der Waals surface area contributed by atoms with Gasteiger partial charge in [0.1, 0.15) is 5.75 Å². The minimum Gasteiger partial charge on any atom is -0.481 e. The summed E-state index contributed by atoms with van der Waals surface area (Å²) < 4.78 is 5.96. The zero-order valence-electron chi connectivity index (χ0n) is 17.7. The molecule has 0 radical (unpaired) electrons. The average molecular weight is 368 g/mol. The third-order valence-corrected chi connectivity index (χ3v) is 5.05. The molecule has 2 aromatic rings. The Labute approximate surface area is 164 Å². The summed E-state index contributed by atoms with van der Waals surface area (Å²) in [6, 6.07) is 14.3. The molecular weight excluding hydrogens is 334 g/mol. The van der Waals surface area contributed by atoms with Crippen LogP contribution in [0.5, 0.6) is 5.75 Å². The highest BCUT2D eigenvalue weighted by molar-refractivity contribution is 5.81. The second-order valence-electron chi connectivity index (χ2n) is 8.36. The first kappa shape index (κ1) is 21.0. The van der Waals surface area contributed by atoms with Crippen LogP contribution in [0, 0.1) is 13.8 Å². The van der Waals surface area contributed by atoms with Crippen molar-refractivity contribution in [3.63, 3.8) is 0 Å². The number of nitrogens with one attached hydrogen (secondary N) is 1. The van der Waals surface area contributed by atoms with Crippen LogP contribution in [0.2, 0.25) is 0 Å². The lowest BCUT2D eigenvalue weighted by molar-refractivity contribution is -0.128. The van der Waals surface area contributed by atoms with Crippen LogP contribution in [-0.2, 0) is 10.2 Å². The maximum atomic E-state index is 12.7. The van der Waals surface area contributed by atoms with E-state index in [2.05, 4.69) is 70.3 Å². The van der Waals surface area contributed by atoms with E-state index in [1.54, 1.807) is 0 Å². The van der Waals surface area contributed by atoms with Gasteiger partial charge in [-0.15, -0.1) is 0 Å². The molecular formula is C24H33NO2. The highest BCUT2D eigenvalue weighted by Gasteiger charge is 2.21. The number of amides is 1. The van der Waals surface area contributed by atoms with E-state index in [1.165, 1.54) is 16.7 Å². The molecule has 0 aromatic heterocycles. The van der Waals surface area contributed by atoms with Gasteiger partial charge in [0, 0.05) is 0 Å². The fourth-order valence-corrected chi connectivity index (χ4v) is 2.94. The number of ether oxygens (including phenoxy) is 1. The summed E-state index contributed by atoms with van der Waals surface area (Å²) in [4.78, 5) is 12.7. The van der Waals surface area contributed by atoms with Gasteiger partial charge in [0.05, 0.1) is 6.04 Å². The van der Waals surface area contributed by atoms with Crippen molar-refractivity contribution in [3.05, 3.63) is 64.7 Å². The second kappa shape index (κ2) is 8.60. The number of rotatable bonds is 6. The molecule has 27 heavy (non-hydrogen) atoms. The Morgan fingerprint density at radius 2 is 1.67 bits per heavy atom. The van der Waals surface area contributed by atoms with Crippen LogP contribution in [-0.4, -0.2) is 12.0 Å². The molecule has 0 aliphatic rings. The number of benzene rings is 2. The summed E-state index contributed by atoms with van der Waals surface area (Å²) in [5.41, 5.74) is 4.94. The first-order chi connectivity index (χ1) is 12.6. The molecule has 1 N–H and O–H groups in total. The van der Waals surface area contributed by atoms with Crippen molar-refractivity contribution in [3.8, 4) is 5.75 Å². The Morgan fingerprint density at radius 1 is 1.04 bits per heavy atom. The van der Waals surface area contributed by atoms with Crippen LogP contribution >= 0.6 is 0 Å². The third kappa shape index (κ3) is 5.59. The van der Waals surface area contributed by atoms with Crippen molar-refractivity contribution in [2.75, 3.05) is 0 Å². The quantitative estimate of drug-likeness (QED) is 0.718. The zero-order chi connectivity index (χ0) is 20.2. The first-order valence-electron chi connectivity index (χ1n) is 9.76. The van der Waals surface area contributed by atoms with Crippen molar-refractivity contribution in [1.82, 2.24) is 5.32 Å². The van der Waals surface area contributed by atoms with E-state index < -0.39 is 6.10 Å². The Bertz CT molecular complexity index is 772. The summed E-state index contributed by atoms with van der Waals surface area (Å²) in [5, 5.41) is 3.09. The molecule has 0 heterocycles. The van der Waals surface area contributed by atoms with Gasteiger partial charge in [0.25, 0.3) is 5.91 Å². The minimum absolute atomic E-state index is 0.0577. The fourth-order valence-electron chi connectivity index (χ4n) is 2.94. The summed E-state index contributed by atoms with van der Waals surface area (Å²) >= 11 is 0.